The molecule has 4 N–H and O–H groups in total. The largest absolute Gasteiger partial charge is 0.497 e. The maximum atomic E-state index is 12.1. The number of methoxy groups -OCH3 is 1. The maximum absolute atomic E-state index is 12.1. The van der Waals surface area contributed by atoms with Crippen LogP contribution < -0.4 is 20.4 Å². The minimum absolute atomic E-state index is 0.00718. The molecule has 6 nitrogen and oxygen atoms in total. The summed E-state index contributed by atoms with van der Waals surface area (Å²) in [5.74, 6) is 0.519. The van der Waals surface area contributed by atoms with Crippen molar-refractivity contribution >= 4 is 21.5 Å². The SMILES string of the molecule is COc1cccc(S(=O)(=O)Oc2ccc(N)c(N)c2)c1. The Hall–Kier alpha value is -2.41. The molecular formula is C13H14N2O4S. The van der Waals surface area contributed by atoms with Crippen LogP contribution in [0.15, 0.2) is 47.4 Å². The predicted molar refractivity (Wildman–Crippen MR) is 76.1 cm³/mol. The zero-order valence-corrected chi connectivity index (χ0v) is 11.6. The molecule has 0 radical (unpaired) electrons. The first kappa shape index (κ1) is 14.0. The van der Waals surface area contributed by atoms with Crippen LogP contribution in [-0.4, -0.2) is 15.5 Å². The van der Waals surface area contributed by atoms with Gasteiger partial charge in [0.05, 0.1) is 18.5 Å². The van der Waals surface area contributed by atoms with Gasteiger partial charge in [-0.25, -0.2) is 0 Å². The van der Waals surface area contributed by atoms with E-state index in [1.165, 1.54) is 37.4 Å². The predicted octanol–water partition coefficient (Wildman–Crippen LogP) is 1.63. The molecule has 0 amide bonds. The molecule has 0 heterocycles. The van der Waals surface area contributed by atoms with E-state index in [0.717, 1.165) is 0 Å². The third-order valence-electron chi connectivity index (χ3n) is 2.59. The molecule has 2 aromatic rings. The standard InChI is InChI=1S/C13H14N2O4S/c1-18-9-3-2-4-11(7-9)20(16,17)19-10-5-6-12(14)13(15)8-10/h2-8H,14-15H2,1H3. The van der Waals surface area contributed by atoms with Gasteiger partial charge in [0.2, 0.25) is 0 Å². The molecule has 106 valence electrons. The molecule has 0 saturated carbocycles. The van der Waals surface area contributed by atoms with E-state index in [4.69, 9.17) is 20.4 Å². The summed E-state index contributed by atoms with van der Waals surface area (Å²) in [4.78, 5) is -0.00718. The van der Waals surface area contributed by atoms with Crippen molar-refractivity contribution < 1.29 is 17.3 Å². The van der Waals surface area contributed by atoms with Crippen molar-refractivity contribution in [3.8, 4) is 11.5 Å². The van der Waals surface area contributed by atoms with Gasteiger partial charge in [0, 0.05) is 12.1 Å². The first-order valence-corrected chi connectivity index (χ1v) is 7.07. The highest BCUT2D eigenvalue weighted by molar-refractivity contribution is 7.87. The maximum Gasteiger partial charge on any atom is 0.339 e. The van der Waals surface area contributed by atoms with E-state index in [1.54, 1.807) is 12.1 Å². The molecule has 0 fully saturated rings. The average molecular weight is 294 g/mol. The van der Waals surface area contributed by atoms with Gasteiger partial charge in [-0.1, -0.05) is 6.07 Å². The molecule has 0 aliphatic heterocycles. The summed E-state index contributed by atoms with van der Waals surface area (Å²) in [6.07, 6.45) is 0. The van der Waals surface area contributed by atoms with Gasteiger partial charge in [-0.15, -0.1) is 0 Å². The Morgan fingerprint density at radius 3 is 2.35 bits per heavy atom. The summed E-state index contributed by atoms with van der Waals surface area (Å²) in [6.45, 7) is 0. The second-order valence-corrected chi connectivity index (χ2v) is 5.55. The number of nitrogen functional groups attached to an aromatic ring is 2. The summed E-state index contributed by atoms with van der Waals surface area (Å²) in [5, 5.41) is 0. The van der Waals surface area contributed by atoms with Crippen LogP contribution in [0.2, 0.25) is 0 Å². The Labute approximate surface area is 117 Å². The summed E-state index contributed by atoms with van der Waals surface area (Å²) in [6, 6.07) is 10.3. The van der Waals surface area contributed by atoms with Crippen molar-refractivity contribution in [2.75, 3.05) is 18.6 Å². The van der Waals surface area contributed by atoms with Gasteiger partial charge in [0.25, 0.3) is 0 Å². The highest BCUT2D eigenvalue weighted by Crippen LogP contribution is 2.25. The minimum atomic E-state index is -3.95. The zero-order valence-electron chi connectivity index (χ0n) is 10.7. The lowest BCUT2D eigenvalue weighted by Gasteiger charge is -2.09. The second kappa shape index (κ2) is 5.30. The number of anilines is 2. The van der Waals surface area contributed by atoms with E-state index >= 15 is 0 Å². The van der Waals surface area contributed by atoms with Crippen molar-refractivity contribution in [2.24, 2.45) is 0 Å². The van der Waals surface area contributed by atoms with Crippen LogP contribution in [0, 0.1) is 0 Å². The summed E-state index contributed by atoms with van der Waals surface area (Å²) >= 11 is 0. The van der Waals surface area contributed by atoms with Crippen LogP contribution in [0.1, 0.15) is 0 Å². The van der Waals surface area contributed by atoms with E-state index in [9.17, 15) is 8.42 Å². The molecule has 0 atom stereocenters. The van der Waals surface area contributed by atoms with Gasteiger partial charge in [-0.2, -0.15) is 8.42 Å². The van der Waals surface area contributed by atoms with Crippen LogP contribution in [0.3, 0.4) is 0 Å². The van der Waals surface area contributed by atoms with Crippen molar-refractivity contribution in [3.63, 3.8) is 0 Å². The fourth-order valence-corrected chi connectivity index (χ4v) is 2.50. The number of hydrogen-bond donors (Lipinski definition) is 2. The fourth-order valence-electron chi connectivity index (χ4n) is 1.54. The lowest BCUT2D eigenvalue weighted by molar-refractivity contribution is 0.412. The van der Waals surface area contributed by atoms with Crippen molar-refractivity contribution in [1.29, 1.82) is 0 Å². The van der Waals surface area contributed by atoms with Gasteiger partial charge in [-0.05, 0) is 24.3 Å². The van der Waals surface area contributed by atoms with E-state index < -0.39 is 10.1 Å². The van der Waals surface area contributed by atoms with Crippen molar-refractivity contribution in [2.45, 2.75) is 4.90 Å². The average Bonchev–Trinajstić information content (AvgIpc) is 2.43. The normalized spacial score (nSPS) is 11.1. The van der Waals surface area contributed by atoms with E-state index in [1.807, 2.05) is 0 Å². The zero-order chi connectivity index (χ0) is 14.8. The third-order valence-corrected chi connectivity index (χ3v) is 3.84. The number of rotatable bonds is 4. The van der Waals surface area contributed by atoms with Crippen LogP contribution in [-0.2, 0) is 10.1 Å². The monoisotopic (exact) mass is 294 g/mol. The summed E-state index contributed by atoms with van der Waals surface area (Å²) in [5.41, 5.74) is 11.8. The molecule has 0 saturated heterocycles. The third kappa shape index (κ3) is 2.94. The number of ether oxygens (including phenoxy) is 1. The Morgan fingerprint density at radius 2 is 1.70 bits per heavy atom. The van der Waals surface area contributed by atoms with Crippen LogP contribution in [0.4, 0.5) is 11.4 Å². The lowest BCUT2D eigenvalue weighted by Crippen LogP contribution is -2.10. The molecule has 0 spiro atoms. The van der Waals surface area contributed by atoms with Gasteiger partial charge in [0.1, 0.15) is 16.4 Å². The van der Waals surface area contributed by atoms with Crippen LogP contribution >= 0.6 is 0 Å². The molecule has 20 heavy (non-hydrogen) atoms. The molecule has 0 aliphatic carbocycles. The summed E-state index contributed by atoms with van der Waals surface area (Å²) in [7, 11) is -2.50. The van der Waals surface area contributed by atoms with Crippen LogP contribution in [0.5, 0.6) is 11.5 Å². The second-order valence-electron chi connectivity index (χ2n) is 4.01. The van der Waals surface area contributed by atoms with E-state index in [2.05, 4.69) is 0 Å². The van der Waals surface area contributed by atoms with Crippen LogP contribution in [0.25, 0.3) is 0 Å². The molecule has 0 aromatic heterocycles. The molecule has 2 aromatic carbocycles. The molecule has 0 bridgehead atoms. The molecule has 0 aliphatic rings. The Morgan fingerprint density at radius 1 is 0.950 bits per heavy atom. The highest BCUT2D eigenvalue weighted by atomic mass is 32.2. The van der Waals surface area contributed by atoms with Crippen molar-refractivity contribution in [1.82, 2.24) is 0 Å². The first-order valence-electron chi connectivity index (χ1n) is 5.66. The highest BCUT2D eigenvalue weighted by Gasteiger charge is 2.17. The molecule has 0 unspecified atom stereocenters. The number of benzene rings is 2. The Bertz CT molecular complexity index is 729. The van der Waals surface area contributed by atoms with Gasteiger partial charge < -0.3 is 20.4 Å². The number of hydrogen-bond acceptors (Lipinski definition) is 6. The molecular weight excluding hydrogens is 280 g/mol. The smallest absolute Gasteiger partial charge is 0.339 e. The van der Waals surface area contributed by atoms with Gasteiger partial charge >= 0.3 is 10.1 Å². The lowest BCUT2D eigenvalue weighted by atomic mass is 10.3. The topological polar surface area (TPSA) is 105 Å². The minimum Gasteiger partial charge on any atom is -0.497 e. The van der Waals surface area contributed by atoms with E-state index in [-0.39, 0.29) is 16.3 Å². The molecule has 2 rings (SSSR count). The Balaban J connectivity index is 2.32. The van der Waals surface area contributed by atoms with E-state index in [0.29, 0.717) is 11.4 Å². The van der Waals surface area contributed by atoms with Gasteiger partial charge in [0.15, 0.2) is 0 Å². The fraction of sp³-hybridized carbons (Fsp3) is 0.0769. The van der Waals surface area contributed by atoms with Crippen molar-refractivity contribution in [3.05, 3.63) is 42.5 Å². The van der Waals surface area contributed by atoms with Gasteiger partial charge in [-0.3, -0.25) is 0 Å². The summed E-state index contributed by atoms with van der Waals surface area (Å²) < 4.78 is 34.2. The molecule has 7 heteroatoms. The quantitative estimate of drug-likeness (QED) is 0.656. The first-order chi connectivity index (χ1) is 9.42. The number of nitrogens with two attached hydrogens (primary N) is 2. The Kier molecular flexibility index (Phi) is 3.71.